The zero-order chi connectivity index (χ0) is 14.8. The van der Waals surface area contributed by atoms with Gasteiger partial charge in [-0.3, -0.25) is 9.25 Å². The molecule has 0 aliphatic carbocycles. The molecule has 0 unspecified atom stereocenters. The monoisotopic (exact) mass is 285 g/mol. The number of fused-ring (bicyclic) bond motifs is 1. The molecule has 0 amide bonds. The van der Waals surface area contributed by atoms with Crippen molar-refractivity contribution in [1.82, 2.24) is 19.3 Å². The lowest BCUT2D eigenvalue weighted by molar-refractivity contribution is 0.302. The average molecular weight is 285 g/mol. The summed E-state index contributed by atoms with van der Waals surface area (Å²) in [6.07, 6.45) is 0.856. The molecule has 2 aromatic heterocycles. The predicted molar refractivity (Wildman–Crippen MR) is 82.2 cm³/mol. The number of anilines is 1. The first-order valence-electron chi connectivity index (χ1n) is 7.00. The topological polar surface area (TPSA) is 70.9 Å². The van der Waals surface area contributed by atoms with Gasteiger partial charge in [0.1, 0.15) is 11.3 Å². The van der Waals surface area contributed by atoms with E-state index in [0.717, 1.165) is 35.6 Å². The van der Waals surface area contributed by atoms with E-state index >= 15 is 0 Å². The van der Waals surface area contributed by atoms with E-state index in [2.05, 4.69) is 10.1 Å². The van der Waals surface area contributed by atoms with Gasteiger partial charge in [-0.25, -0.2) is 4.98 Å². The summed E-state index contributed by atoms with van der Waals surface area (Å²) in [4.78, 5) is 4.39. The van der Waals surface area contributed by atoms with Gasteiger partial charge < -0.3 is 10.5 Å². The molecule has 0 aliphatic rings. The number of nitrogens with two attached hydrogens (primary N) is 1. The van der Waals surface area contributed by atoms with Gasteiger partial charge in [-0.15, -0.1) is 0 Å². The molecule has 6 nitrogen and oxygen atoms in total. The molecule has 2 heterocycles. The van der Waals surface area contributed by atoms with Crippen molar-refractivity contribution in [3.05, 3.63) is 36.0 Å². The van der Waals surface area contributed by atoms with Crippen molar-refractivity contribution in [3.63, 3.8) is 0 Å². The zero-order valence-corrected chi connectivity index (χ0v) is 12.3. The Kier molecular flexibility index (Phi) is 3.51. The Bertz CT molecular complexity index is 744. The third kappa shape index (κ3) is 2.56. The van der Waals surface area contributed by atoms with Crippen molar-refractivity contribution in [2.75, 3.05) is 12.3 Å². The molecule has 0 saturated heterocycles. The highest BCUT2D eigenvalue weighted by molar-refractivity contribution is 5.77. The van der Waals surface area contributed by atoms with Gasteiger partial charge in [-0.05, 0) is 25.5 Å². The molecule has 0 saturated carbocycles. The summed E-state index contributed by atoms with van der Waals surface area (Å²) >= 11 is 0. The van der Waals surface area contributed by atoms with Crippen LogP contribution in [-0.2, 0) is 13.6 Å². The molecule has 110 valence electrons. The minimum Gasteiger partial charge on any atom is -0.494 e. The number of aromatic nitrogens is 4. The van der Waals surface area contributed by atoms with Crippen molar-refractivity contribution in [2.45, 2.75) is 19.9 Å². The number of imidazole rings is 1. The molecule has 0 atom stereocenters. The molecule has 1 aromatic carbocycles. The van der Waals surface area contributed by atoms with Crippen molar-refractivity contribution in [2.24, 2.45) is 7.05 Å². The first-order valence-corrected chi connectivity index (χ1v) is 7.00. The second-order valence-corrected chi connectivity index (χ2v) is 5.02. The van der Waals surface area contributed by atoms with E-state index in [1.165, 1.54) is 0 Å². The van der Waals surface area contributed by atoms with E-state index < -0.39 is 0 Å². The maximum atomic E-state index is 6.00. The molecule has 0 fully saturated rings. The summed E-state index contributed by atoms with van der Waals surface area (Å²) in [7, 11) is 1.91. The number of aryl methyl sites for hydroxylation is 3. The summed E-state index contributed by atoms with van der Waals surface area (Å²) in [5.41, 5.74) is 8.74. The van der Waals surface area contributed by atoms with Crippen molar-refractivity contribution in [1.29, 1.82) is 0 Å². The number of benzene rings is 1. The van der Waals surface area contributed by atoms with Gasteiger partial charge in [0.05, 0.1) is 12.3 Å². The molecule has 21 heavy (non-hydrogen) atoms. The van der Waals surface area contributed by atoms with Gasteiger partial charge in [0.2, 0.25) is 5.95 Å². The van der Waals surface area contributed by atoms with Crippen LogP contribution in [0.2, 0.25) is 0 Å². The predicted octanol–water partition coefficient (Wildman–Crippen LogP) is 2.13. The van der Waals surface area contributed by atoms with Gasteiger partial charge in [-0.1, -0.05) is 18.2 Å². The molecule has 0 bridgehead atoms. The number of ether oxygens (including phenoxy) is 1. The fourth-order valence-corrected chi connectivity index (χ4v) is 2.50. The molecule has 3 aromatic rings. The fourth-order valence-electron chi connectivity index (χ4n) is 2.50. The molecule has 3 rings (SSSR count). The van der Waals surface area contributed by atoms with Crippen LogP contribution in [0, 0.1) is 6.92 Å². The van der Waals surface area contributed by atoms with Crippen LogP contribution in [0.3, 0.4) is 0 Å². The SMILES string of the molecule is Cc1nn(C)c2c1nc(N)n2CCCOc1ccccc1. The lowest BCUT2D eigenvalue weighted by Gasteiger charge is -2.08. The van der Waals surface area contributed by atoms with Crippen molar-refractivity contribution < 1.29 is 4.74 Å². The van der Waals surface area contributed by atoms with Crippen LogP contribution in [0.15, 0.2) is 30.3 Å². The van der Waals surface area contributed by atoms with E-state index in [1.807, 2.05) is 53.6 Å². The fraction of sp³-hybridized carbons (Fsp3) is 0.333. The number of hydrogen-bond acceptors (Lipinski definition) is 4. The van der Waals surface area contributed by atoms with E-state index in [4.69, 9.17) is 10.5 Å². The highest BCUT2D eigenvalue weighted by atomic mass is 16.5. The Balaban J connectivity index is 1.67. The maximum absolute atomic E-state index is 6.00. The minimum absolute atomic E-state index is 0.529. The number of para-hydroxylation sites is 1. The lowest BCUT2D eigenvalue weighted by Crippen LogP contribution is -2.09. The molecule has 2 N–H and O–H groups in total. The molecule has 0 radical (unpaired) electrons. The van der Waals surface area contributed by atoms with Crippen molar-refractivity contribution >= 4 is 17.1 Å². The van der Waals surface area contributed by atoms with Crippen molar-refractivity contribution in [3.8, 4) is 5.75 Å². The van der Waals surface area contributed by atoms with Crippen LogP contribution in [0.25, 0.3) is 11.2 Å². The third-order valence-electron chi connectivity index (χ3n) is 3.46. The lowest BCUT2D eigenvalue weighted by atomic mass is 10.3. The van der Waals surface area contributed by atoms with Crippen LogP contribution in [0.4, 0.5) is 5.95 Å². The quantitative estimate of drug-likeness (QED) is 0.729. The number of nitrogens with zero attached hydrogens (tertiary/aromatic N) is 4. The van der Waals surface area contributed by atoms with E-state index in [-0.39, 0.29) is 0 Å². The summed E-state index contributed by atoms with van der Waals surface area (Å²) in [5.74, 6) is 1.42. The molecular weight excluding hydrogens is 266 g/mol. The van der Waals surface area contributed by atoms with Gasteiger partial charge in [-0.2, -0.15) is 5.10 Å². The summed E-state index contributed by atoms with van der Waals surface area (Å²) in [5, 5.41) is 4.37. The van der Waals surface area contributed by atoms with Gasteiger partial charge in [0.25, 0.3) is 0 Å². The Morgan fingerprint density at radius 2 is 2.00 bits per heavy atom. The average Bonchev–Trinajstić information content (AvgIpc) is 2.94. The first kappa shape index (κ1) is 13.5. The summed E-state index contributed by atoms with van der Waals surface area (Å²) in [6, 6.07) is 9.80. The normalized spacial score (nSPS) is 11.1. The number of hydrogen-bond donors (Lipinski definition) is 1. The highest BCUT2D eigenvalue weighted by Gasteiger charge is 2.15. The Labute approximate surface area is 123 Å². The highest BCUT2D eigenvalue weighted by Crippen LogP contribution is 2.20. The van der Waals surface area contributed by atoms with Crippen LogP contribution in [0.1, 0.15) is 12.1 Å². The van der Waals surface area contributed by atoms with Crippen LogP contribution >= 0.6 is 0 Å². The first-order chi connectivity index (χ1) is 10.2. The van der Waals surface area contributed by atoms with E-state index in [0.29, 0.717) is 12.6 Å². The van der Waals surface area contributed by atoms with Crippen LogP contribution in [-0.4, -0.2) is 25.9 Å². The number of rotatable bonds is 5. The molecular formula is C15H19N5O. The zero-order valence-electron chi connectivity index (χ0n) is 12.3. The second-order valence-electron chi connectivity index (χ2n) is 5.02. The van der Waals surface area contributed by atoms with Gasteiger partial charge >= 0.3 is 0 Å². The molecule has 0 spiro atoms. The Morgan fingerprint density at radius 3 is 2.76 bits per heavy atom. The number of nitrogen functional groups attached to an aromatic ring is 1. The molecule has 6 heteroatoms. The van der Waals surface area contributed by atoms with Gasteiger partial charge in [0, 0.05) is 13.6 Å². The third-order valence-corrected chi connectivity index (χ3v) is 3.46. The van der Waals surface area contributed by atoms with E-state index in [1.54, 1.807) is 0 Å². The second kappa shape index (κ2) is 5.47. The van der Waals surface area contributed by atoms with Crippen LogP contribution < -0.4 is 10.5 Å². The maximum Gasteiger partial charge on any atom is 0.202 e. The molecule has 0 aliphatic heterocycles. The standard InChI is InChI=1S/C15H19N5O/c1-11-13-14(19(2)18-11)20(15(16)17-13)9-6-10-21-12-7-4-3-5-8-12/h3-5,7-8H,6,9-10H2,1-2H3,(H2,16,17). The minimum atomic E-state index is 0.529. The van der Waals surface area contributed by atoms with Crippen LogP contribution in [0.5, 0.6) is 5.75 Å². The largest absolute Gasteiger partial charge is 0.494 e. The van der Waals surface area contributed by atoms with Gasteiger partial charge in [0.15, 0.2) is 5.65 Å². The summed E-state index contributed by atoms with van der Waals surface area (Å²) < 4.78 is 9.51. The van der Waals surface area contributed by atoms with E-state index in [9.17, 15) is 0 Å². The summed E-state index contributed by atoms with van der Waals surface area (Å²) in [6.45, 7) is 3.34. The Hall–Kier alpha value is -2.50. The smallest absolute Gasteiger partial charge is 0.202 e. The Morgan fingerprint density at radius 1 is 1.24 bits per heavy atom.